The lowest BCUT2D eigenvalue weighted by Gasteiger charge is -2.13. The summed E-state index contributed by atoms with van der Waals surface area (Å²) in [6, 6.07) is 10.7. The molecule has 0 atom stereocenters. The number of aromatic nitrogens is 3. The highest BCUT2D eigenvalue weighted by molar-refractivity contribution is 9.08. The number of alkyl halides is 1. The molecule has 0 aliphatic carbocycles. The Kier molecular flexibility index (Phi) is 4.78. The van der Waals surface area contributed by atoms with Crippen LogP contribution in [0.4, 0.5) is 4.39 Å². The van der Waals surface area contributed by atoms with E-state index in [1.807, 2.05) is 0 Å². The first-order valence-electron chi connectivity index (χ1n) is 7.09. The Balaban J connectivity index is 2.22. The third-order valence-electron chi connectivity index (χ3n) is 3.58. The number of carbonyl (C=O) groups is 1. The van der Waals surface area contributed by atoms with Gasteiger partial charge in [0.15, 0.2) is 5.78 Å². The zero-order valence-corrected chi connectivity index (χ0v) is 15.0. The van der Waals surface area contributed by atoms with E-state index in [1.54, 1.807) is 41.8 Å². The van der Waals surface area contributed by atoms with Crippen LogP contribution in [0.5, 0.6) is 0 Å². The molecule has 3 rings (SSSR count). The van der Waals surface area contributed by atoms with Gasteiger partial charge in [0.2, 0.25) is 0 Å². The average Bonchev–Trinajstić information content (AvgIpc) is 2.95. The molecule has 0 saturated carbocycles. The standard InChI is InChI=1S/C17H12BrClFN3O/c1-10-21-22-16(9-18)23(10)15-8-11(19)6-7-13(15)17(24)12-4-2-3-5-14(12)20/h2-8H,9H2,1H3. The monoisotopic (exact) mass is 407 g/mol. The predicted molar refractivity (Wildman–Crippen MR) is 93.6 cm³/mol. The summed E-state index contributed by atoms with van der Waals surface area (Å²) in [6.45, 7) is 1.78. The molecular weight excluding hydrogens is 397 g/mol. The van der Waals surface area contributed by atoms with Crippen molar-refractivity contribution in [2.75, 3.05) is 0 Å². The first kappa shape index (κ1) is 16.8. The molecule has 0 aliphatic rings. The minimum Gasteiger partial charge on any atom is -0.288 e. The Morgan fingerprint density at radius 3 is 2.67 bits per heavy atom. The van der Waals surface area contributed by atoms with E-state index in [0.717, 1.165) is 0 Å². The minimum atomic E-state index is -0.565. The zero-order valence-electron chi connectivity index (χ0n) is 12.6. The molecule has 3 aromatic rings. The van der Waals surface area contributed by atoms with Gasteiger partial charge in [0, 0.05) is 10.6 Å². The van der Waals surface area contributed by atoms with Crippen molar-refractivity contribution >= 4 is 33.3 Å². The molecule has 0 radical (unpaired) electrons. The molecule has 122 valence electrons. The van der Waals surface area contributed by atoms with Crippen LogP contribution >= 0.6 is 27.5 Å². The Morgan fingerprint density at radius 1 is 1.21 bits per heavy atom. The topological polar surface area (TPSA) is 47.8 Å². The van der Waals surface area contributed by atoms with Crippen LogP contribution in [0.25, 0.3) is 5.69 Å². The maximum Gasteiger partial charge on any atom is 0.198 e. The summed E-state index contributed by atoms with van der Waals surface area (Å²) in [5.41, 5.74) is 0.856. The normalized spacial score (nSPS) is 10.8. The maximum absolute atomic E-state index is 14.0. The van der Waals surface area contributed by atoms with Crippen LogP contribution in [-0.2, 0) is 5.33 Å². The Morgan fingerprint density at radius 2 is 1.96 bits per heavy atom. The van der Waals surface area contributed by atoms with Crippen LogP contribution < -0.4 is 0 Å². The second-order valence-corrected chi connectivity index (χ2v) is 6.10. The SMILES string of the molecule is Cc1nnc(CBr)n1-c1cc(Cl)ccc1C(=O)c1ccccc1F. The van der Waals surface area contributed by atoms with Crippen molar-refractivity contribution in [3.8, 4) is 5.69 Å². The van der Waals surface area contributed by atoms with Crippen LogP contribution in [0, 0.1) is 12.7 Å². The highest BCUT2D eigenvalue weighted by atomic mass is 79.9. The van der Waals surface area contributed by atoms with Gasteiger partial charge in [-0.3, -0.25) is 9.36 Å². The number of halogens is 3. The molecule has 0 fully saturated rings. The summed E-state index contributed by atoms with van der Waals surface area (Å²) in [4.78, 5) is 12.9. The van der Waals surface area contributed by atoms with Crippen molar-refractivity contribution in [1.82, 2.24) is 14.8 Å². The Hall–Kier alpha value is -2.05. The number of aryl methyl sites for hydroxylation is 1. The maximum atomic E-state index is 14.0. The molecule has 0 spiro atoms. The molecule has 0 unspecified atom stereocenters. The van der Waals surface area contributed by atoms with E-state index >= 15 is 0 Å². The largest absolute Gasteiger partial charge is 0.288 e. The van der Waals surface area contributed by atoms with Crippen molar-refractivity contribution < 1.29 is 9.18 Å². The molecule has 0 saturated heterocycles. The van der Waals surface area contributed by atoms with Gasteiger partial charge in [-0.2, -0.15) is 0 Å². The number of hydrogen-bond donors (Lipinski definition) is 0. The van der Waals surface area contributed by atoms with Gasteiger partial charge in [0.05, 0.1) is 16.6 Å². The molecule has 1 aromatic heterocycles. The molecule has 2 aromatic carbocycles. The molecule has 7 heteroatoms. The zero-order chi connectivity index (χ0) is 17.3. The number of benzene rings is 2. The fourth-order valence-electron chi connectivity index (χ4n) is 2.48. The fraction of sp³-hybridized carbons (Fsp3) is 0.118. The molecule has 0 N–H and O–H groups in total. The number of nitrogens with zero attached hydrogens (tertiary/aromatic N) is 3. The van der Waals surface area contributed by atoms with Gasteiger partial charge < -0.3 is 0 Å². The van der Waals surface area contributed by atoms with Crippen molar-refractivity contribution in [3.63, 3.8) is 0 Å². The van der Waals surface area contributed by atoms with Crippen LogP contribution in [0.1, 0.15) is 27.6 Å². The highest BCUT2D eigenvalue weighted by Gasteiger charge is 2.21. The molecule has 4 nitrogen and oxygen atoms in total. The first-order valence-corrected chi connectivity index (χ1v) is 8.59. The van der Waals surface area contributed by atoms with Crippen LogP contribution in [0.15, 0.2) is 42.5 Å². The van der Waals surface area contributed by atoms with Crippen molar-refractivity contribution in [2.24, 2.45) is 0 Å². The van der Waals surface area contributed by atoms with Crippen LogP contribution in [0.2, 0.25) is 5.02 Å². The summed E-state index contributed by atoms with van der Waals surface area (Å²) in [7, 11) is 0. The third-order valence-corrected chi connectivity index (χ3v) is 4.31. The number of rotatable bonds is 4. The van der Waals surface area contributed by atoms with E-state index in [1.165, 1.54) is 12.1 Å². The van der Waals surface area contributed by atoms with Gasteiger partial charge in [-0.1, -0.05) is 39.7 Å². The van der Waals surface area contributed by atoms with Crippen molar-refractivity contribution in [2.45, 2.75) is 12.3 Å². The lowest BCUT2D eigenvalue weighted by Crippen LogP contribution is -2.11. The van der Waals surface area contributed by atoms with E-state index < -0.39 is 11.6 Å². The van der Waals surface area contributed by atoms with Gasteiger partial charge in [-0.15, -0.1) is 10.2 Å². The van der Waals surface area contributed by atoms with Gasteiger partial charge in [0.1, 0.15) is 17.5 Å². The van der Waals surface area contributed by atoms with Gasteiger partial charge >= 0.3 is 0 Å². The molecule has 0 aliphatic heterocycles. The molecule has 24 heavy (non-hydrogen) atoms. The van der Waals surface area contributed by atoms with Crippen molar-refractivity contribution in [3.05, 3.63) is 76.1 Å². The quantitative estimate of drug-likeness (QED) is 0.472. The van der Waals surface area contributed by atoms with E-state index in [2.05, 4.69) is 26.1 Å². The van der Waals surface area contributed by atoms with Crippen LogP contribution in [-0.4, -0.2) is 20.5 Å². The van der Waals surface area contributed by atoms with Gasteiger partial charge in [0.25, 0.3) is 0 Å². The summed E-state index contributed by atoms with van der Waals surface area (Å²) >= 11 is 9.47. The highest BCUT2D eigenvalue weighted by Crippen LogP contribution is 2.26. The summed E-state index contributed by atoms with van der Waals surface area (Å²) < 4.78 is 15.7. The van der Waals surface area contributed by atoms with Gasteiger partial charge in [-0.05, 0) is 37.3 Å². The number of ketones is 1. The number of hydrogen-bond acceptors (Lipinski definition) is 3. The molecular formula is C17H12BrClFN3O. The fourth-order valence-corrected chi connectivity index (χ4v) is 3.01. The smallest absolute Gasteiger partial charge is 0.198 e. The Bertz CT molecular complexity index is 926. The lowest BCUT2D eigenvalue weighted by atomic mass is 10.0. The predicted octanol–water partition coefficient (Wildman–Crippen LogP) is 4.49. The van der Waals surface area contributed by atoms with E-state index in [0.29, 0.717) is 33.3 Å². The van der Waals surface area contributed by atoms with E-state index in [-0.39, 0.29) is 5.56 Å². The molecule has 0 amide bonds. The first-order chi connectivity index (χ1) is 11.5. The second kappa shape index (κ2) is 6.83. The minimum absolute atomic E-state index is 0.00666. The summed E-state index contributed by atoms with van der Waals surface area (Å²) in [5, 5.41) is 9.02. The summed E-state index contributed by atoms with van der Waals surface area (Å²) in [5.74, 6) is 0.240. The molecule has 1 heterocycles. The van der Waals surface area contributed by atoms with E-state index in [9.17, 15) is 9.18 Å². The number of carbonyl (C=O) groups excluding carboxylic acids is 1. The summed E-state index contributed by atoms with van der Waals surface area (Å²) in [6.07, 6.45) is 0. The lowest BCUT2D eigenvalue weighted by molar-refractivity contribution is 0.103. The average molecular weight is 409 g/mol. The second-order valence-electron chi connectivity index (χ2n) is 5.10. The third kappa shape index (κ3) is 2.99. The Labute approximate surface area is 151 Å². The van der Waals surface area contributed by atoms with Crippen molar-refractivity contribution in [1.29, 1.82) is 0 Å². The van der Waals surface area contributed by atoms with Gasteiger partial charge in [-0.25, -0.2) is 4.39 Å². The molecule has 0 bridgehead atoms. The van der Waals surface area contributed by atoms with E-state index in [4.69, 9.17) is 11.6 Å². The van der Waals surface area contributed by atoms with Crippen LogP contribution in [0.3, 0.4) is 0 Å².